The van der Waals surface area contributed by atoms with Gasteiger partial charge in [0.15, 0.2) is 0 Å². The first-order valence-corrected chi connectivity index (χ1v) is 9.35. The Balaban J connectivity index is 2.67. The summed E-state index contributed by atoms with van der Waals surface area (Å²) in [5, 5.41) is 3.44. The molecule has 0 aromatic rings. The van der Waals surface area contributed by atoms with Crippen LogP contribution in [-0.2, 0) is 14.8 Å². The predicted octanol–water partition coefficient (Wildman–Crippen LogP) is 1.60. The van der Waals surface area contributed by atoms with Crippen LogP contribution in [0.5, 0.6) is 0 Å². The van der Waals surface area contributed by atoms with Gasteiger partial charge in [-0.2, -0.15) is 4.31 Å². The Morgan fingerprint density at radius 3 is 2.80 bits per heavy atom. The lowest BCUT2D eigenvalue weighted by Crippen LogP contribution is -2.53. The maximum Gasteiger partial charge on any atom is 0.214 e. The van der Waals surface area contributed by atoms with Gasteiger partial charge in [-0.25, -0.2) is 8.42 Å². The van der Waals surface area contributed by atoms with Crippen molar-refractivity contribution in [1.29, 1.82) is 0 Å². The number of sulfonamides is 1. The summed E-state index contributed by atoms with van der Waals surface area (Å²) in [6.45, 7) is 6.33. The fourth-order valence-corrected chi connectivity index (χ4v) is 4.61. The highest BCUT2D eigenvalue weighted by Crippen LogP contribution is 2.23. The molecule has 0 saturated carbocycles. The summed E-state index contributed by atoms with van der Waals surface area (Å²) in [7, 11) is -1.56. The number of rotatable bonds is 9. The number of nitrogens with one attached hydrogen (secondary N) is 1. The average molecular weight is 306 g/mol. The van der Waals surface area contributed by atoms with E-state index in [2.05, 4.69) is 19.2 Å². The molecule has 2 atom stereocenters. The molecule has 6 heteroatoms. The molecule has 2 unspecified atom stereocenters. The third-order valence-electron chi connectivity index (χ3n) is 3.90. The Morgan fingerprint density at radius 1 is 1.40 bits per heavy atom. The monoisotopic (exact) mass is 306 g/mol. The highest BCUT2D eigenvalue weighted by atomic mass is 32.2. The van der Waals surface area contributed by atoms with Gasteiger partial charge in [-0.15, -0.1) is 0 Å². The van der Waals surface area contributed by atoms with E-state index in [1.807, 2.05) is 0 Å². The second kappa shape index (κ2) is 8.97. The molecule has 1 aliphatic heterocycles. The van der Waals surface area contributed by atoms with Crippen molar-refractivity contribution in [3.05, 3.63) is 0 Å². The molecule has 1 rings (SSSR count). The van der Waals surface area contributed by atoms with Crippen LogP contribution in [0.2, 0.25) is 0 Å². The third kappa shape index (κ3) is 5.31. The van der Waals surface area contributed by atoms with Crippen molar-refractivity contribution in [2.24, 2.45) is 0 Å². The van der Waals surface area contributed by atoms with E-state index in [1.165, 1.54) is 0 Å². The molecule has 1 fully saturated rings. The molecule has 1 saturated heterocycles. The Labute approximate surface area is 124 Å². The van der Waals surface area contributed by atoms with Crippen LogP contribution < -0.4 is 5.32 Å². The number of hydrogen-bond acceptors (Lipinski definition) is 4. The first kappa shape index (κ1) is 17.9. The molecule has 1 aliphatic rings. The molecule has 0 radical (unpaired) electrons. The van der Waals surface area contributed by atoms with E-state index in [4.69, 9.17) is 4.74 Å². The second-order valence-electron chi connectivity index (χ2n) is 5.58. The van der Waals surface area contributed by atoms with Gasteiger partial charge in [0.2, 0.25) is 10.0 Å². The largest absolute Gasteiger partial charge is 0.385 e. The number of ether oxygens (including phenoxy) is 1. The predicted molar refractivity (Wildman–Crippen MR) is 82.4 cm³/mol. The van der Waals surface area contributed by atoms with Crippen molar-refractivity contribution in [2.45, 2.75) is 58.0 Å². The summed E-state index contributed by atoms with van der Waals surface area (Å²) in [5.41, 5.74) is 0. The minimum absolute atomic E-state index is 0.0999. The first-order chi connectivity index (χ1) is 9.53. The minimum atomic E-state index is -3.16. The Hall–Kier alpha value is -0.170. The summed E-state index contributed by atoms with van der Waals surface area (Å²) in [4.78, 5) is 0. The molecule has 0 aromatic heterocycles. The molecule has 0 spiro atoms. The molecular formula is C14H30N2O3S. The summed E-state index contributed by atoms with van der Waals surface area (Å²) in [6.07, 6.45) is 4.69. The fourth-order valence-electron chi connectivity index (χ4n) is 2.79. The smallest absolute Gasteiger partial charge is 0.214 e. The molecule has 1 heterocycles. The standard InChI is InChI=1S/C14H30N2O3S/c1-4-9-15-13(2)14-8-5-6-10-16(14)20(17,18)12-7-11-19-3/h13-15H,4-12H2,1-3H3. The van der Waals surface area contributed by atoms with E-state index < -0.39 is 10.0 Å². The zero-order chi connectivity index (χ0) is 15.0. The number of methoxy groups -OCH3 is 1. The van der Waals surface area contributed by atoms with Crippen LogP contribution >= 0.6 is 0 Å². The van der Waals surface area contributed by atoms with E-state index in [-0.39, 0.29) is 17.8 Å². The fraction of sp³-hybridized carbons (Fsp3) is 1.00. The van der Waals surface area contributed by atoms with Crippen LogP contribution in [0.1, 0.15) is 46.0 Å². The number of hydrogen-bond donors (Lipinski definition) is 1. The summed E-state index contributed by atoms with van der Waals surface area (Å²) >= 11 is 0. The van der Waals surface area contributed by atoms with Crippen molar-refractivity contribution in [1.82, 2.24) is 9.62 Å². The molecule has 5 nitrogen and oxygen atoms in total. The molecule has 0 amide bonds. The molecule has 0 aliphatic carbocycles. The number of nitrogens with zero attached hydrogens (tertiary/aromatic N) is 1. The van der Waals surface area contributed by atoms with Crippen molar-refractivity contribution in [3.8, 4) is 0 Å². The van der Waals surface area contributed by atoms with Gasteiger partial charge in [-0.05, 0) is 39.2 Å². The summed E-state index contributed by atoms with van der Waals surface area (Å²) in [6, 6.07) is 0.315. The quantitative estimate of drug-likeness (QED) is 0.657. The molecule has 0 aromatic carbocycles. The van der Waals surface area contributed by atoms with Gasteiger partial charge in [0.1, 0.15) is 0 Å². The first-order valence-electron chi connectivity index (χ1n) is 7.74. The third-order valence-corrected chi connectivity index (χ3v) is 5.87. The van der Waals surface area contributed by atoms with Gasteiger partial charge in [-0.1, -0.05) is 13.3 Å². The van der Waals surface area contributed by atoms with Crippen LogP contribution in [0.4, 0.5) is 0 Å². The normalized spacial score (nSPS) is 22.9. The Kier molecular flexibility index (Phi) is 8.02. The van der Waals surface area contributed by atoms with Crippen LogP contribution in [0.25, 0.3) is 0 Å². The van der Waals surface area contributed by atoms with Crippen LogP contribution in [0.15, 0.2) is 0 Å². The SMILES string of the molecule is CCCNC(C)C1CCCCN1S(=O)(=O)CCCOC. The van der Waals surface area contributed by atoms with E-state index >= 15 is 0 Å². The second-order valence-corrected chi connectivity index (χ2v) is 7.62. The van der Waals surface area contributed by atoms with E-state index in [9.17, 15) is 8.42 Å². The molecule has 0 bridgehead atoms. The summed E-state index contributed by atoms with van der Waals surface area (Å²) in [5.74, 6) is 0.192. The molecule has 120 valence electrons. The number of piperidine rings is 1. The van der Waals surface area contributed by atoms with Crippen LogP contribution in [-0.4, -0.2) is 57.4 Å². The lowest BCUT2D eigenvalue weighted by atomic mass is 9.99. The van der Waals surface area contributed by atoms with Gasteiger partial charge in [0.25, 0.3) is 0 Å². The lowest BCUT2D eigenvalue weighted by Gasteiger charge is -2.38. The maximum absolute atomic E-state index is 12.5. The average Bonchev–Trinajstić information content (AvgIpc) is 2.45. The highest BCUT2D eigenvalue weighted by Gasteiger charge is 2.34. The molecule has 1 N–H and O–H groups in total. The van der Waals surface area contributed by atoms with Crippen molar-refractivity contribution in [2.75, 3.05) is 32.6 Å². The zero-order valence-corrected chi connectivity index (χ0v) is 13.9. The summed E-state index contributed by atoms with van der Waals surface area (Å²) < 4.78 is 31.7. The topological polar surface area (TPSA) is 58.6 Å². The zero-order valence-electron chi connectivity index (χ0n) is 13.1. The van der Waals surface area contributed by atoms with Gasteiger partial charge in [0, 0.05) is 32.3 Å². The Bertz CT molecular complexity index is 359. The van der Waals surface area contributed by atoms with Crippen molar-refractivity contribution < 1.29 is 13.2 Å². The maximum atomic E-state index is 12.5. The van der Waals surface area contributed by atoms with E-state index in [1.54, 1.807) is 11.4 Å². The molecule has 20 heavy (non-hydrogen) atoms. The van der Waals surface area contributed by atoms with Crippen molar-refractivity contribution in [3.63, 3.8) is 0 Å². The van der Waals surface area contributed by atoms with E-state index in [0.29, 0.717) is 19.6 Å². The Morgan fingerprint density at radius 2 is 2.15 bits per heavy atom. The van der Waals surface area contributed by atoms with Crippen LogP contribution in [0.3, 0.4) is 0 Å². The van der Waals surface area contributed by atoms with Gasteiger partial charge in [0.05, 0.1) is 5.75 Å². The lowest BCUT2D eigenvalue weighted by molar-refractivity contribution is 0.194. The van der Waals surface area contributed by atoms with Gasteiger partial charge in [-0.3, -0.25) is 0 Å². The van der Waals surface area contributed by atoms with Crippen molar-refractivity contribution >= 4 is 10.0 Å². The van der Waals surface area contributed by atoms with Gasteiger partial charge < -0.3 is 10.1 Å². The molecular weight excluding hydrogens is 276 g/mol. The minimum Gasteiger partial charge on any atom is -0.385 e. The van der Waals surface area contributed by atoms with Gasteiger partial charge >= 0.3 is 0 Å². The van der Waals surface area contributed by atoms with Crippen LogP contribution in [0, 0.1) is 0 Å². The highest BCUT2D eigenvalue weighted by molar-refractivity contribution is 7.89. The van der Waals surface area contributed by atoms with E-state index in [0.717, 1.165) is 32.2 Å².